The molecule has 7 heteroatoms. The van der Waals surface area contributed by atoms with Gasteiger partial charge in [-0.1, -0.05) is 30.3 Å². The number of nitrogens with one attached hydrogen (secondary N) is 2. The van der Waals surface area contributed by atoms with E-state index in [-0.39, 0.29) is 17.5 Å². The fourth-order valence-corrected chi connectivity index (χ4v) is 4.09. The molecule has 116 valence electrons. The maximum Gasteiger partial charge on any atom is 0.224 e. The Morgan fingerprint density at radius 2 is 2.00 bits per heavy atom. The SMILES string of the molecule is O=S1(=O)CCC(Nc2ccnc(NCc3ccccc3)n2)C1. The van der Waals surface area contributed by atoms with Crippen LogP contribution in [-0.4, -0.2) is 35.9 Å². The maximum absolute atomic E-state index is 11.5. The van der Waals surface area contributed by atoms with E-state index in [4.69, 9.17) is 0 Å². The molecule has 1 saturated heterocycles. The molecule has 1 unspecified atom stereocenters. The van der Waals surface area contributed by atoms with E-state index < -0.39 is 9.84 Å². The predicted molar refractivity (Wildman–Crippen MR) is 86.5 cm³/mol. The monoisotopic (exact) mass is 318 g/mol. The summed E-state index contributed by atoms with van der Waals surface area (Å²) in [7, 11) is -2.89. The van der Waals surface area contributed by atoms with Crippen LogP contribution in [0.2, 0.25) is 0 Å². The lowest BCUT2D eigenvalue weighted by Gasteiger charge is -2.12. The molecule has 0 aliphatic carbocycles. The molecule has 1 aliphatic rings. The highest BCUT2D eigenvalue weighted by atomic mass is 32.2. The molecule has 2 heterocycles. The van der Waals surface area contributed by atoms with E-state index in [1.165, 1.54) is 0 Å². The van der Waals surface area contributed by atoms with Crippen LogP contribution in [0.5, 0.6) is 0 Å². The molecule has 0 spiro atoms. The van der Waals surface area contributed by atoms with Gasteiger partial charge in [-0.2, -0.15) is 4.98 Å². The van der Waals surface area contributed by atoms with Crippen molar-refractivity contribution in [3.05, 3.63) is 48.2 Å². The maximum atomic E-state index is 11.5. The number of hydrogen-bond acceptors (Lipinski definition) is 6. The van der Waals surface area contributed by atoms with Gasteiger partial charge in [0.25, 0.3) is 0 Å². The van der Waals surface area contributed by atoms with E-state index in [1.807, 2.05) is 30.3 Å². The second-order valence-electron chi connectivity index (χ2n) is 5.35. The molecule has 1 fully saturated rings. The van der Waals surface area contributed by atoms with Crippen molar-refractivity contribution in [1.82, 2.24) is 9.97 Å². The highest BCUT2D eigenvalue weighted by Crippen LogP contribution is 2.16. The van der Waals surface area contributed by atoms with Gasteiger partial charge < -0.3 is 10.6 Å². The van der Waals surface area contributed by atoms with Crippen LogP contribution in [-0.2, 0) is 16.4 Å². The summed E-state index contributed by atoms with van der Waals surface area (Å²) in [5.74, 6) is 1.58. The summed E-state index contributed by atoms with van der Waals surface area (Å²) >= 11 is 0. The minimum atomic E-state index is -2.89. The lowest BCUT2D eigenvalue weighted by Crippen LogP contribution is -2.21. The Morgan fingerprint density at radius 3 is 2.73 bits per heavy atom. The molecule has 2 aromatic rings. The summed E-state index contributed by atoms with van der Waals surface area (Å²) < 4.78 is 22.9. The number of hydrogen-bond donors (Lipinski definition) is 2. The summed E-state index contributed by atoms with van der Waals surface area (Å²) in [6.07, 6.45) is 2.28. The van der Waals surface area contributed by atoms with Gasteiger partial charge in [0.15, 0.2) is 9.84 Å². The molecule has 22 heavy (non-hydrogen) atoms. The molecule has 0 radical (unpaired) electrons. The van der Waals surface area contributed by atoms with Crippen LogP contribution >= 0.6 is 0 Å². The lowest BCUT2D eigenvalue weighted by atomic mass is 10.2. The minimum Gasteiger partial charge on any atom is -0.366 e. The number of nitrogens with zero attached hydrogens (tertiary/aromatic N) is 2. The van der Waals surface area contributed by atoms with E-state index in [1.54, 1.807) is 12.3 Å². The van der Waals surface area contributed by atoms with Gasteiger partial charge in [-0.15, -0.1) is 0 Å². The first-order valence-electron chi connectivity index (χ1n) is 7.18. The molecule has 2 N–H and O–H groups in total. The quantitative estimate of drug-likeness (QED) is 0.873. The zero-order valence-electron chi connectivity index (χ0n) is 12.1. The van der Waals surface area contributed by atoms with E-state index in [9.17, 15) is 8.42 Å². The van der Waals surface area contributed by atoms with Crippen molar-refractivity contribution >= 4 is 21.6 Å². The normalized spacial score (nSPS) is 19.7. The summed E-state index contributed by atoms with van der Waals surface area (Å²) in [5.41, 5.74) is 1.14. The lowest BCUT2D eigenvalue weighted by molar-refractivity contribution is 0.602. The minimum absolute atomic E-state index is 0.0677. The third-order valence-electron chi connectivity index (χ3n) is 3.53. The Balaban J connectivity index is 1.60. The van der Waals surface area contributed by atoms with E-state index in [0.717, 1.165) is 5.56 Å². The van der Waals surface area contributed by atoms with E-state index in [0.29, 0.717) is 24.7 Å². The highest BCUT2D eigenvalue weighted by molar-refractivity contribution is 7.91. The number of sulfone groups is 1. The van der Waals surface area contributed by atoms with Gasteiger partial charge in [0, 0.05) is 18.8 Å². The van der Waals surface area contributed by atoms with Crippen LogP contribution in [0.25, 0.3) is 0 Å². The van der Waals surface area contributed by atoms with Gasteiger partial charge in [0.2, 0.25) is 5.95 Å². The molecule has 3 rings (SSSR count). The molecular formula is C15H18N4O2S. The highest BCUT2D eigenvalue weighted by Gasteiger charge is 2.27. The summed E-state index contributed by atoms with van der Waals surface area (Å²) in [4.78, 5) is 8.55. The average Bonchev–Trinajstić information content (AvgIpc) is 2.85. The van der Waals surface area contributed by atoms with Crippen LogP contribution in [0.4, 0.5) is 11.8 Å². The Morgan fingerprint density at radius 1 is 1.18 bits per heavy atom. The molecule has 1 aromatic carbocycles. The fourth-order valence-electron chi connectivity index (χ4n) is 2.42. The number of anilines is 2. The fraction of sp³-hybridized carbons (Fsp3) is 0.333. The molecule has 0 bridgehead atoms. The number of aromatic nitrogens is 2. The van der Waals surface area contributed by atoms with Crippen LogP contribution in [0.1, 0.15) is 12.0 Å². The van der Waals surface area contributed by atoms with Gasteiger partial charge >= 0.3 is 0 Å². The second-order valence-corrected chi connectivity index (χ2v) is 7.58. The zero-order chi connectivity index (χ0) is 15.4. The first-order valence-corrected chi connectivity index (χ1v) is 9.01. The van der Waals surface area contributed by atoms with E-state index >= 15 is 0 Å². The van der Waals surface area contributed by atoms with Crippen LogP contribution in [0, 0.1) is 0 Å². The van der Waals surface area contributed by atoms with Crippen molar-refractivity contribution in [3.63, 3.8) is 0 Å². The summed E-state index contributed by atoms with van der Waals surface area (Å²) in [6, 6.07) is 11.7. The average molecular weight is 318 g/mol. The third kappa shape index (κ3) is 3.94. The first kappa shape index (κ1) is 14.8. The first-order chi connectivity index (χ1) is 10.6. The van der Waals surface area contributed by atoms with Crippen molar-refractivity contribution in [2.45, 2.75) is 19.0 Å². The largest absolute Gasteiger partial charge is 0.366 e. The molecular weight excluding hydrogens is 300 g/mol. The van der Waals surface area contributed by atoms with Gasteiger partial charge in [-0.25, -0.2) is 13.4 Å². The predicted octanol–water partition coefficient (Wildman–Crippen LogP) is 1.69. The molecule has 1 atom stereocenters. The third-order valence-corrected chi connectivity index (χ3v) is 5.30. The zero-order valence-corrected chi connectivity index (χ0v) is 12.9. The number of benzene rings is 1. The summed E-state index contributed by atoms with van der Waals surface area (Å²) in [6.45, 7) is 0.641. The Bertz CT molecular complexity index is 734. The molecule has 0 saturated carbocycles. The van der Waals surface area contributed by atoms with Gasteiger partial charge in [0.05, 0.1) is 11.5 Å². The van der Waals surface area contributed by atoms with Gasteiger partial charge in [-0.3, -0.25) is 0 Å². The van der Waals surface area contributed by atoms with Crippen molar-refractivity contribution in [1.29, 1.82) is 0 Å². The number of rotatable bonds is 5. The molecule has 1 aromatic heterocycles. The van der Waals surface area contributed by atoms with Crippen molar-refractivity contribution in [3.8, 4) is 0 Å². The topological polar surface area (TPSA) is 84.0 Å². The molecule has 6 nitrogen and oxygen atoms in total. The van der Waals surface area contributed by atoms with Gasteiger partial charge in [-0.05, 0) is 18.1 Å². The van der Waals surface area contributed by atoms with Crippen molar-refractivity contribution in [2.24, 2.45) is 0 Å². The van der Waals surface area contributed by atoms with Crippen LogP contribution in [0.15, 0.2) is 42.6 Å². The Labute approximate surface area is 129 Å². The molecule has 1 aliphatic heterocycles. The van der Waals surface area contributed by atoms with Crippen molar-refractivity contribution in [2.75, 3.05) is 22.1 Å². The Hall–Kier alpha value is -2.15. The smallest absolute Gasteiger partial charge is 0.224 e. The summed E-state index contributed by atoms with van der Waals surface area (Å²) in [5, 5.41) is 6.33. The Kier molecular flexibility index (Phi) is 4.24. The van der Waals surface area contributed by atoms with E-state index in [2.05, 4.69) is 20.6 Å². The van der Waals surface area contributed by atoms with Crippen LogP contribution in [0.3, 0.4) is 0 Å². The van der Waals surface area contributed by atoms with Crippen molar-refractivity contribution < 1.29 is 8.42 Å². The second kappa shape index (κ2) is 6.31. The van der Waals surface area contributed by atoms with Crippen LogP contribution < -0.4 is 10.6 Å². The molecule has 0 amide bonds. The van der Waals surface area contributed by atoms with Gasteiger partial charge in [0.1, 0.15) is 5.82 Å². The standard InChI is InChI=1S/C15H18N4O2S/c20-22(21)9-7-13(11-22)18-14-6-8-16-15(19-14)17-10-12-4-2-1-3-5-12/h1-6,8,13H,7,9-11H2,(H2,16,17,18,19).